The maximum Gasteiger partial charge on any atom is 0.271 e. The summed E-state index contributed by atoms with van der Waals surface area (Å²) in [6.07, 6.45) is 0. The molecule has 3 aromatic rings. The summed E-state index contributed by atoms with van der Waals surface area (Å²) < 4.78 is 0. The largest absolute Gasteiger partial charge is 0.368 e. The number of hydrogen-bond donors (Lipinski definition) is 3. The first-order valence-corrected chi connectivity index (χ1v) is 9.83. The van der Waals surface area contributed by atoms with Crippen molar-refractivity contribution in [3.8, 4) is 10.6 Å². The van der Waals surface area contributed by atoms with Crippen molar-refractivity contribution in [1.82, 2.24) is 15.6 Å². The number of nitrogens with two attached hydrogens (primary N) is 1. The quantitative estimate of drug-likeness (QED) is 0.536. The number of benzene rings is 2. The monoisotopic (exact) mass is 428 g/mol. The molecule has 0 aliphatic carbocycles. The zero-order valence-corrected chi connectivity index (χ0v) is 16.7. The van der Waals surface area contributed by atoms with E-state index in [0.29, 0.717) is 21.3 Å². The first-order valence-electron chi connectivity index (χ1n) is 8.57. The second kappa shape index (κ2) is 9.31. The van der Waals surface area contributed by atoms with Gasteiger partial charge in [-0.1, -0.05) is 35.9 Å². The third kappa shape index (κ3) is 5.63. The van der Waals surface area contributed by atoms with Gasteiger partial charge in [-0.05, 0) is 29.8 Å². The van der Waals surface area contributed by atoms with Gasteiger partial charge >= 0.3 is 0 Å². The Bertz CT molecular complexity index is 1050. The number of carbonyl (C=O) groups excluding carboxylic acids is 3. The molecule has 0 aliphatic heterocycles. The number of aromatic nitrogens is 1. The molecule has 148 valence electrons. The molecule has 4 N–H and O–H groups in total. The van der Waals surface area contributed by atoms with Crippen LogP contribution < -0.4 is 16.4 Å². The SMILES string of the molecule is NC(=O)CNC(=O)c1ccc(CNC(=O)c2csc(-c3cccc(Cl)c3)n2)cc1. The average Bonchev–Trinajstić information content (AvgIpc) is 3.21. The van der Waals surface area contributed by atoms with Crippen molar-refractivity contribution >= 4 is 40.7 Å². The molecule has 0 atom stereocenters. The normalized spacial score (nSPS) is 10.4. The standard InChI is InChI=1S/C20H17ClN4O3S/c21-15-3-1-2-14(8-15)20-25-16(11-29-20)19(28)23-9-12-4-6-13(7-5-12)18(27)24-10-17(22)26/h1-8,11H,9-10H2,(H2,22,26)(H,23,28)(H,24,27). The van der Waals surface area contributed by atoms with Crippen molar-refractivity contribution in [3.63, 3.8) is 0 Å². The Morgan fingerprint density at radius 1 is 1.03 bits per heavy atom. The van der Waals surface area contributed by atoms with E-state index < -0.39 is 11.8 Å². The van der Waals surface area contributed by atoms with Gasteiger partial charge in [0.25, 0.3) is 11.8 Å². The molecule has 9 heteroatoms. The van der Waals surface area contributed by atoms with Crippen molar-refractivity contribution in [2.75, 3.05) is 6.54 Å². The number of rotatable bonds is 7. The van der Waals surface area contributed by atoms with Crippen LogP contribution in [0.4, 0.5) is 0 Å². The molecule has 0 radical (unpaired) electrons. The van der Waals surface area contributed by atoms with Gasteiger partial charge in [-0.25, -0.2) is 4.98 Å². The lowest BCUT2D eigenvalue weighted by atomic mass is 10.1. The van der Waals surface area contributed by atoms with Crippen molar-refractivity contribution in [2.45, 2.75) is 6.54 Å². The van der Waals surface area contributed by atoms with E-state index >= 15 is 0 Å². The van der Waals surface area contributed by atoms with Gasteiger partial charge in [-0.2, -0.15) is 0 Å². The van der Waals surface area contributed by atoms with Crippen molar-refractivity contribution < 1.29 is 14.4 Å². The van der Waals surface area contributed by atoms with Crippen LogP contribution in [0.1, 0.15) is 26.4 Å². The Labute approximate surface area is 175 Å². The van der Waals surface area contributed by atoms with Crippen LogP contribution in [0.15, 0.2) is 53.9 Å². The van der Waals surface area contributed by atoms with Crippen LogP contribution in [0.3, 0.4) is 0 Å². The number of halogens is 1. The lowest BCUT2D eigenvalue weighted by Gasteiger charge is -2.06. The molecule has 0 saturated carbocycles. The summed E-state index contributed by atoms with van der Waals surface area (Å²) in [5.41, 5.74) is 7.39. The van der Waals surface area contributed by atoms with E-state index in [9.17, 15) is 14.4 Å². The van der Waals surface area contributed by atoms with Gasteiger partial charge in [0.1, 0.15) is 10.7 Å². The Morgan fingerprint density at radius 3 is 2.48 bits per heavy atom. The summed E-state index contributed by atoms with van der Waals surface area (Å²) in [7, 11) is 0. The molecule has 3 amide bonds. The Hall–Kier alpha value is -3.23. The van der Waals surface area contributed by atoms with E-state index in [0.717, 1.165) is 11.1 Å². The van der Waals surface area contributed by atoms with Crippen molar-refractivity contribution in [1.29, 1.82) is 0 Å². The van der Waals surface area contributed by atoms with Gasteiger partial charge in [-0.15, -0.1) is 11.3 Å². The molecule has 0 bridgehead atoms. The number of nitrogens with zero attached hydrogens (tertiary/aromatic N) is 1. The summed E-state index contributed by atoms with van der Waals surface area (Å²) in [5, 5.41) is 8.22. The Morgan fingerprint density at radius 2 is 1.79 bits per heavy atom. The highest BCUT2D eigenvalue weighted by molar-refractivity contribution is 7.13. The fourth-order valence-corrected chi connectivity index (χ4v) is 3.44. The van der Waals surface area contributed by atoms with Crippen LogP contribution >= 0.6 is 22.9 Å². The highest BCUT2D eigenvalue weighted by Gasteiger charge is 2.12. The summed E-state index contributed by atoms with van der Waals surface area (Å²) in [6.45, 7) is 0.0630. The van der Waals surface area contributed by atoms with Crippen LogP contribution in [-0.4, -0.2) is 29.3 Å². The predicted molar refractivity (Wildman–Crippen MR) is 112 cm³/mol. The Balaban J connectivity index is 1.57. The van der Waals surface area contributed by atoms with E-state index in [1.807, 2.05) is 12.1 Å². The smallest absolute Gasteiger partial charge is 0.271 e. The molecule has 1 aromatic heterocycles. The molecular weight excluding hydrogens is 412 g/mol. The predicted octanol–water partition coefficient (Wildman–Crippen LogP) is 2.61. The summed E-state index contributed by atoms with van der Waals surface area (Å²) in [4.78, 5) is 39.3. The summed E-state index contributed by atoms with van der Waals surface area (Å²) in [6, 6.07) is 13.9. The van der Waals surface area contributed by atoms with Gasteiger partial charge in [0.05, 0.1) is 6.54 Å². The van der Waals surface area contributed by atoms with Crippen LogP contribution in [0.2, 0.25) is 5.02 Å². The zero-order valence-electron chi connectivity index (χ0n) is 15.1. The average molecular weight is 429 g/mol. The first kappa shape index (κ1) is 20.5. The second-order valence-corrected chi connectivity index (χ2v) is 7.37. The zero-order chi connectivity index (χ0) is 20.8. The molecule has 0 unspecified atom stereocenters. The van der Waals surface area contributed by atoms with Crippen LogP contribution in [0.25, 0.3) is 10.6 Å². The van der Waals surface area contributed by atoms with E-state index in [2.05, 4.69) is 15.6 Å². The minimum Gasteiger partial charge on any atom is -0.368 e. The lowest BCUT2D eigenvalue weighted by Crippen LogP contribution is -2.33. The van der Waals surface area contributed by atoms with Gasteiger partial charge < -0.3 is 16.4 Å². The molecule has 1 heterocycles. The van der Waals surface area contributed by atoms with Crippen molar-refractivity contribution in [3.05, 3.63) is 75.8 Å². The first-order chi connectivity index (χ1) is 13.9. The van der Waals surface area contributed by atoms with Gasteiger partial charge in [0, 0.05) is 28.1 Å². The fourth-order valence-electron chi connectivity index (χ4n) is 2.45. The van der Waals surface area contributed by atoms with Crippen LogP contribution in [0.5, 0.6) is 0 Å². The molecule has 3 rings (SSSR count). The third-order valence-electron chi connectivity index (χ3n) is 3.90. The molecule has 0 spiro atoms. The van der Waals surface area contributed by atoms with Crippen LogP contribution in [-0.2, 0) is 11.3 Å². The maximum atomic E-state index is 12.4. The molecule has 0 aliphatic rings. The molecule has 0 saturated heterocycles. The number of amides is 3. The number of hydrogen-bond acceptors (Lipinski definition) is 5. The number of thiazole rings is 1. The third-order valence-corrected chi connectivity index (χ3v) is 5.03. The van der Waals surface area contributed by atoms with Gasteiger partial charge in [0.2, 0.25) is 5.91 Å². The summed E-state index contributed by atoms with van der Waals surface area (Å²) in [5.74, 6) is -1.30. The fraction of sp³-hybridized carbons (Fsp3) is 0.100. The minimum absolute atomic E-state index is 0.221. The molecule has 29 heavy (non-hydrogen) atoms. The van der Waals surface area contributed by atoms with Crippen LogP contribution in [0, 0.1) is 0 Å². The van der Waals surface area contributed by atoms with Crippen molar-refractivity contribution in [2.24, 2.45) is 5.73 Å². The van der Waals surface area contributed by atoms with E-state index in [4.69, 9.17) is 17.3 Å². The second-order valence-electron chi connectivity index (χ2n) is 6.08. The highest BCUT2D eigenvalue weighted by atomic mass is 35.5. The van der Waals surface area contributed by atoms with E-state index in [1.165, 1.54) is 11.3 Å². The number of nitrogens with one attached hydrogen (secondary N) is 2. The highest BCUT2D eigenvalue weighted by Crippen LogP contribution is 2.26. The molecule has 7 nitrogen and oxygen atoms in total. The topological polar surface area (TPSA) is 114 Å². The molecule has 2 aromatic carbocycles. The van der Waals surface area contributed by atoms with E-state index in [-0.39, 0.29) is 19.0 Å². The minimum atomic E-state index is -0.613. The number of primary amides is 1. The van der Waals surface area contributed by atoms with E-state index in [1.54, 1.807) is 41.8 Å². The lowest BCUT2D eigenvalue weighted by molar-refractivity contribution is -0.117. The van der Waals surface area contributed by atoms with Gasteiger partial charge in [0.15, 0.2) is 0 Å². The molecular formula is C20H17ClN4O3S. The molecule has 0 fully saturated rings. The summed E-state index contributed by atoms with van der Waals surface area (Å²) >= 11 is 7.36. The Kier molecular flexibility index (Phi) is 6.58. The van der Waals surface area contributed by atoms with Gasteiger partial charge in [-0.3, -0.25) is 14.4 Å². The maximum absolute atomic E-state index is 12.4. The number of carbonyl (C=O) groups is 3.